The molecule has 1 atom stereocenters. The minimum Gasteiger partial charge on any atom is -0.490 e. The molecule has 6 N–H and O–H groups in total. The van der Waals surface area contributed by atoms with Gasteiger partial charge in [-0.2, -0.15) is 0 Å². The number of aromatic nitrogens is 4. The van der Waals surface area contributed by atoms with Crippen LogP contribution < -0.4 is 26.8 Å². The van der Waals surface area contributed by atoms with Crippen LogP contribution in [-0.4, -0.2) is 57.0 Å². The third-order valence-corrected chi connectivity index (χ3v) is 6.02. The van der Waals surface area contributed by atoms with Gasteiger partial charge in [-0.3, -0.25) is 14.6 Å². The molecule has 0 spiro atoms. The van der Waals surface area contributed by atoms with Gasteiger partial charge in [0.2, 0.25) is 5.91 Å². The number of nitrogens with two attached hydrogens (primary N) is 2. The molecule has 11 nitrogen and oxygen atoms in total. The number of halogens is 3. The van der Waals surface area contributed by atoms with Crippen LogP contribution in [-0.2, 0) is 17.8 Å². The van der Waals surface area contributed by atoms with Crippen molar-refractivity contribution < 1.29 is 27.5 Å². The van der Waals surface area contributed by atoms with E-state index in [4.69, 9.17) is 16.2 Å². The van der Waals surface area contributed by atoms with E-state index in [0.717, 1.165) is 5.57 Å². The maximum atomic E-state index is 14.3. The first-order valence-electron chi connectivity index (χ1n) is 14.0. The van der Waals surface area contributed by atoms with Crippen LogP contribution in [0.15, 0.2) is 66.3 Å². The molecule has 3 rings (SSSR count). The zero-order chi connectivity index (χ0) is 32.9. The van der Waals surface area contributed by atoms with E-state index >= 15 is 0 Å². The minimum absolute atomic E-state index is 0.0277. The zero-order valence-corrected chi connectivity index (χ0v) is 25.4. The Hall–Kier alpha value is -4.62. The summed E-state index contributed by atoms with van der Waals surface area (Å²) < 4.78 is 47.2. The summed E-state index contributed by atoms with van der Waals surface area (Å²) in [6.07, 6.45) is 5.84. The minimum atomic E-state index is -2.69. The summed E-state index contributed by atoms with van der Waals surface area (Å²) in [5, 5.41) is 12.3. The van der Waals surface area contributed by atoms with E-state index in [2.05, 4.69) is 32.5 Å². The number of amides is 2. The van der Waals surface area contributed by atoms with E-state index in [1.54, 1.807) is 13.0 Å². The largest absolute Gasteiger partial charge is 0.490 e. The van der Waals surface area contributed by atoms with Crippen molar-refractivity contribution in [1.29, 1.82) is 0 Å². The summed E-state index contributed by atoms with van der Waals surface area (Å²) in [4.78, 5) is 28.1. The lowest BCUT2D eigenvalue weighted by atomic mass is 9.91. The van der Waals surface area contributed by atoms with Crippen LogP contribution in [0.2, 0.25) is 0 Å². The molecular formula is C30H41F3N8O3. The Balaban J connectivity index is 0.00000102. The molecule has 1 unspecified atom stereocenters. The number of allylic oxidation sites excluding steroid dienone is 6. The maximum absolute atomic E-state index is 14.3. The second-order valence-corrected chi connectivity index (χ2v) is 10.4. The summed E-state index contributed by atoms with van der Waals surface area (Å²) in [7, 11) is 1.46. The van der Waals surface area contributed by atoms with Gasteiger partial charge in [0.25, 0.3) is 11.8 Å². The molecule has 0 saturated heterocycles. The number of nitrogens with one attached hydrogen (secondary N) is 2. The SMILES string of the molecule is C=C(C)/C=C\C.CNC(=O)c1cn(CC(F)CC/C(N)=C/C=C(\N)NC(=O)Cc2cc(OC3CC(F)(F)C3)cc(C)n2)nn1. The van der Waals surface area contributed by atoms with E-state index in [-0.39, 0.29) is 50.2 Å². The second-order valence-electron chi connectivity index (χ2n) is 10.4. The van der Waals surface area contributed by atoms with Crippen LogP contribution in [0.3, 0.4) is 0 Å². The number of nitrogens with zero attached hydrogens (tertiary/aromatic N) is 4. The Morgan fingerprint density at radius 2 is 1.98 bits per heavy atom. The molecule has 0 bridgehead atoms. The van der Waals surface area contributed by atoms with Crippen LogP contribution in [0.5, 0.6) is 5.75 Å². The first kappa shape index (κ1) is 35.6. The fourth-order valence-corrected chi connectivity index (χ4v) is 3.96. The van der Waals surface area contributed by atoms with E-state index in [9.17, 15) is 22.8 Å². The fraction of sp³-hybridized carbons (Fsp3) is 0.433. The summed E-state index contributed by atoms with van der Waals surface area (Å²) >= 11 is 0. The van der Waals surface area contributed by atoms with Gasteiger partial charge in [-0.05, 0) is 45.8 Å². The molecule has 2 aromatic heterocycles. The molecule has 44 heavy (non-hydrogen) atoms. The molecule has 2 heterocycles. The van der Waals surface area contributed by atoms with Crippen LogP contribution >= 0.6 is 0 Å². The maximum Gasteiger partial charge on any atom is 0.273 e. The highest BCUT2D eigenvalue weighted by molar-refractivity contribution is 5.91. The normalized spacial score (nSPS) is 15.5. The molecule has 1 aliphatic carbocycles. The molecule has 1 saturated carbocycles. The summed E-state index contributed by atoms with van der Waals surface area (Å²) in [6.45, 7) is 9.24. The van der Waals surface area contributed by atoms with Crippen molar-refractivity contribution in [3.05, 3.63) is 83.4 Å². The monoisotopic (exact) mass is 618 g/mol. The molecule has 2 aromatic rings. The predicted molar refractivity (Wildman–Crippen MR) is 161 cm³/mol. The van der Waals surface area contributed by atoms with Gasteiger partial charge in [0.05, 0.1) is 24.9 Å². The topological polar surface area (TPSA) is 163 Å². The standard InChI is InChI=1S/C24H31F3N8O3.C6H10/c1-14-7-18(38-19-10-24(26,27)11-19)8-17(31-14)9-22(36)32-21(29)6-5-16(28)4-3-15(25)12-35-13-20(33-34-35)23(37)30-2;1-4-5-6(2)3/h5-8,13,15,19H,3-4,9-12,28-29H2,1-2H3,(H,30,37)(H,32,36);4-5H,2H2,1,3H3/b16-5-,21-6+;5-4-. The highest BCUT2D eigenvalue weighted by Crippen LogP contribution is 2.39. The Morgan fingerprint density at radius 3 is 2.57 bits per heavy atom. The fourth-order valence-electron chi connectivity index (χ4n) is 3.96. The Bertz CT molecular complexity index is 1380. The zero-order valence-electron chi connectivity index (χ0n) is 25.4. The van der Waals surface area contributed by atoms with Crippen LogP contribution in [0.25, 0.3) is 0 Å². The van der Waals surface area contributed by atoms with Gasteiger partial charge in [0.15, 0.2) is 5.69 Å². The van der Waals surface area contributed by atoms with Crippen molar-refractivity contribution in [2.45, 2.75) is 77.6 Å². The molecule has 0 aromatic carbocycles. The third kappa shape index (κ3) is 13.1. The molecule has 1 aliphatic rings. The van der Waals surface area contributed by atoms with E-state index in [0.29, 0.717) is 22.8 Å². The van der Waals surface area contributed by atoms with Gasteiger partial charge in [0, 0.05) is 43.4 Å². The molecule has 240 valence electrons. The average Bonchev–Trinajstić information content (AvgIpc) is 3.37. The number of alkyl halides is 3. The van der Waals surface area contributed by atoms with Crippen molar-refractivity contribution in [3.8, 4) is 5.75 Å². The molecule has 14 heteroatoms. The van der Waals surface area contributed by atoms with E-state index in [1.165, 1.54) is 36.1 Å². The quantitative estimate of drug-likeness (QED) is 0.247. The van der Waals surface area contributed by atoms with Crippen LogP contribution in [0, 0.1) is 6.92 Å². The number of aryl methyl sites for hydroxylation is 1. The number of ether oxygens (including phenoxy) is 1. The van der Waals surface area contributed by atoms with Crippen LogP contribution in [0.1, 0.15) is 61.4 Å². The highest BCUT2D eigenvalue weighted by Gasteiger charge is 2.47. The van der Waals surface area contributed by atoms with Gasteiger partial charge in [-0.1, -0.05) is 29.5 Å². The van der Waals surface area contributed by atoms with Crippen molar-refractivity contribution in [2.24, 2.45) is 11.5 Å². The van der Waals surface area contributed by atoms with Crippen molar-refractivity contribution in [3.63, 3.8) is 0 Å². The van der Waals surface area contributed by atoms with Gasteiger partial charge >= 0.3 is 0 Å². The number of hydrogen-bond acceptors (Lipinski definition) is 8. The molecule has 1 fully saturated rings. The average molecular weight is 619 g/mol. The Kier molecular flexibility index (Phi) is 13.6. The summed E-state index contributed by atoms with van der Waals surface area (Å²) in [5.74, 6) is -3.15. The van der Waals surface area contributed by atoms with Crippen molar-refractivity contribution in [2.75, 3.05) is 7.05 Å². The lowest BCUT2D eigenvalue weighted by Crippen LogP contribution is -2.43. The predicted octanol–water partition coefficient (Wildman–Crippen LogP) is 3.78. The van der Waals surface area contributed by atoms with Crippen molar-refractivity contribution in [1.82, 2.24) is 30.6 Å². The second kappa shape index (κ2) is 16.9. The highest BCUT2D eigenvalue weighted by atomic mass is 19.3. The van der Waals surface area contributed by atoms with Gasteiger partial charge in [-0.25, -0.2) is 17.9 Å². The number of rotatable bonds is 13. The first-order valence-corrected chi connectivity index (χ1v) is 14.0. The van der Waals surface area contributed by atoms with Crippen LogP contribution in [0.4, 0.5) is 13.2 Å². The third-order valence-electron chi connectivity index (χ3n) is 6.02. The number of carbonyl (C=O) groups is 2. The van der Waals surface area contributed by atoms with Gasteiger partial charge in [-0.15, -0.1) is 5.10 Å². The van der Waals surface area contributed by atoms with Gasteiger partial charge < -0.3 is 26.8 Å². The smallest absolute Gasteiger partial charge is 0.273 e. The number of pyridine rings is 1. The summed E-state index contributed by atoms with van der Waals surface area (Å²) in [6, 6.07) is 3.16. The van der Waals surface area contributed by atoms with Crippen molar-refractivity contribution >= 4 is 11.8 Å². The number of hydrogen-bond donors (Lipinski definition) is 4. The molecular weight excluding hydrogens is 577 g/mol. The molecule has 2 amide bonds. The van der Waals surface area contributed by atoms with Gasteiger partial charge in [0.1, 0.15) is 23.8 Å². The molecule has 0 radical (unpaired) electrons. The lowest BCUT2D eigenvalue weighted by Gasteiger charge is -2.34. The molecule has 0 aliphatic heterocycles. The number of carbonyl (C=O) groups excluding carboxylic acids is 2. The first-order chi connectivity index (χ1) is 20.7. The van der Waals surface area contributed by atoms with E-state index in [1.807, 2.05) is 26.0 Å². The lowest BCUT2D eigenvalue weighted by molar-refractivity contribution is -0.134. The van der Waals surface area contributed by atoms with E-state index < -0.39 is 30.0 Å². The Labute approximate surface area is 255 Å². The Morgan fingerprint density at radius 1 is 1.27 bits per heavy atom. The summed E-state index contributed by atoms with van der Waals surface area (Å²) in [5.41, 5.74) is 14.3.